The largest absolute Gasteiger partial charge is 0.134 e. The molecule has 0 aliphatic heterocycles. The van der Waals surface area contributed by atoms with E-state index in [0.29, 0.717) is 0 Å². The normalized spacial score (nSPS) is 20.1. The lowest BCUT2D eigenvalue weighted by Gasteiger charge is -2.22. The van der Waals surface area contributed by atoms with Gasteiger partial charge in [0.15, 0.2) is 0 Å². The first-order chi connectivity index (χ1) is 4.59. The molecule has 0 heterocycles. The molecule has 4 unspecified atom stereocenters. The van der Waals surface area contributed by atoms with Crippen LogP contribution in [0.4, 0.5) is 0 Å². The van der Waals surface area contributed by atoms with Gasteiger partial charge < -0.3 is 0 Å². The molecule has 4 atom stereocenters. The maximum absolute atomic E-state index is 2.89. The average Bonchev–Trinajstić information content (AvgIpc) is 1.87. The lowest BCUT2D eigenvalue weighted by Crippen LogP contribution is -2.15. The maximum Gasteiger partial charge on any atom is -0.0264 e. The van der Waals surface area contributed by atoms with Gasteiger partial charge in [-0.05, 0) is 17.5 Å². The second-order valence-corrected chi connectivity index (χ2v) is 4.54. The van der Waals surface area contributed by atoms with E-state index in [1.165, 1.54) is 12.8 Å². The Balaban J connectivity index is 3.58. The quantitative estimate of drug-likeness (QED) is 0.553. The van der Waals surface area contributed by atoms with Crippen LogP contribution in [0.15, 0.2) is 0 Å². The van der Waals surface area contributed by atoms with Crippen LogP contribution in [-0.4, -0.2) is 5.66 Å². The Morgan fingerprint density at radius 3 is 2.00 bits per heavy atom. The van der Waals surface area contributed by atoms with Crippen molar-refractivity contribution in [2.75, 3.05) is 0 Å². The minimum atomic E-state index is 0.765. The highest BCUT2D eigenvalue weighted by Crippen LogP contribution is 2.24. The van der Waals surface area contributed by atoms with Gasteiger partial charge in [0, 0.05) is 0 Å². The molecule has 0 radical (unpaired) electrons. The summed E-state index contributed by atoms with van der Waals surface area (Å²) in [6, 6.07) is 0. The van der Waals surface area contributed by atoms with Crippen LogP contribution in [0.25, 0.3) is 0 Å². The Bertz CT molecular complexity index is 78.8. The number of hydrogen-bond acceptors (Lipinski definition) is 0. The Hall–Kier alpha value is 0.430. The van der Waals surface area contributed by atoms with E-state index in [1.807, 2.05) is 0 Å². The van der Waals surface area contributed by atoms with Crippen molar-refractivity contribution in [3.63, 3.8) is 0 Å². The van der Waals surface area contributed by atoms with Crippen LogP contribution in [0, 0.1) is 11.8 Å². The molecule has 62 valence electrons. The maximum atomic E-state index is 2.89. The van der Waals surface area contributed by atoms with E-state index in [-0.39, 0.29) is 0 Å². The molecule has 0 aliphatic carbocycles. The van der Waals surface area contributed by atoms with Gasteiger partial charge in [0.1, 0.15) is 0 Å². The van der Waals surface area contributed by atoms with Crippen molar-refractivity contribution in [2.24, 2.45) is 11.8 Å². The van der Waals surface area contributed by atoms with Gasteiger partial charge in [-0.25, -0.2) is 0 Å². The molecular formula is C9H21P. The molecule has 0 saturated carbocycles. The van der Waals surface area contributed by atoms with Gasteiger partial charge >= 0.3 is 0 Å². The minimum absolute atomic E-state index is 0.765. The summed E-state index contributed by atoms with van der Waals surface area (Å²) in [7, 11) is 2.89. The average molecular weight is 160 g/mol. The van der Waals surface area contributed by atoms with E-state index in [1.54, 1.807) is 0 Å². The predicted molar refractivity (Wildman–Crippen MR) is 52.4 cm³/mol. The summed E-state index contributed by atoms with van der Waals surface area (Å²) in [5, 5.41) is 0. The van der Waals surface area contributed by atoms with Crippen molar-refractivity contribution >= 4 is 9.24 Å². The molecule has 0 nitrogen and oxygen atoms in total. The van der Waals surface area contributed by atoms with Crippen LogP contribution >= 0.6 is 9.24 Å². The van der Waals surface area contributed by atoms with E-state index in [4.69, 9.17) is 0 Å². The van der Waals surface area contributed by atoms with E-state index in [2.05, 4.69) is 36.9 Å². The third-order valence-corrected chi connectivity index (χ3v) is 3.08. The Labute approximate surface area is 68.0 Å². The third-order valence-electron chi connectivity index (χ3n) is 2.47. The zero-order valence-electron chi connectivity index (χ0n) is 7.72. The molecule has 0 aliphatic rings. The van der Waals surface area contributed by atoms with Crippen LogP contribution < -0.4 is 0 Å². The first-order valence-corrected chi connectivity index (χ1v) is 5.01. The fraction of sp³-hybridized carbons (Fsp3) is 1.00. The summed E-state index contributed by atoms with van der Waals surface area (Å²) in [6.45, 7) is 9.24. The molecule has 0 fully saturated rings. The van der Waals surface area contributed by atoms with Crippen LogP contribution in [-0.2, 0) is 0 Å². The van der Waals surface area contributed by atoms with Crippen LogP contribution in [0.5, 0.6) is 0 Å². The van der Waals surface area contributed by atoms with Crippen molar-refractivity contribution in [1.82, 2.24) is 0 Å². The molecular weight excluding hydrogens is 139 g/mol. The molecule has 0 N–H and O–H groups in total. The fourth-order valence-corrected chi connectivity index (χ4v) is 1.62. The predicted octanol–water partition coefficient (Wildman–Crippen LogP) is 3.32. The molecule has 0 aromatic heterocycles. The van der Waals surface area contributed by atoms with Crippen LogP contribution in [0.1, 0.15) is 40.5 Å². The molecule has 0 rings (SSSR count). The van der Waals surface area contributed by atoms with Gasteiger partial charge in [-0.1, -0.05) is 40.5 Å². The zero-order valence-corrected chi connectivity index (χ0v) is 8.88. The highest BCUT2D eigenvalue weighted by molar-refractivity contribution is 7.17. The van der Waals surface area contributed by atoms with Crippen molar-refractivity contribution in [1.29, 1.82) is 0 Å². The van der Waals surface area contributed by atoms with Gasteiger partial charge in [-0.3, -0.25) is 0 Å². The van der Waals surface area contributed by atoms with E-state index in [0.717, 1.165) is 17.5 Å². The SMILES string of the molecule is CCCC(C)C(C)C(C)P. The van der Waals surface area contributed by atoms with Gasteiger partial charge in [-0.15, -0.1) is 9.24 Å². The standard InChI is InChI=1S/C9H21P/c1-5-6-7(2)8(3)9(4)10/h7-9H,5-6,10H2,1-4H3. The summed E-state index contributed by atoms with van der Waals surface area (Å²) < 4.78 is 0. The lowest BCUT2D eigenvalue weighted by atomic mass is 9.90. The second kappa shape index (κ2) is 5.13. The van der Waals surface area contributed by atoms with E-state index in [9.17, 15) is 0 Å². The Morgan fingerprint density at radius 1 is 1.20 bits per heavy atom. The first kappa shape index (κ1) is 10.4. The van der Waals surface area contributed by atoms with Crippen LogP contribution in [0.3, 0.4) is 0 Å². The van der Waals surface area contributed by atoms with E-state index >= 15 is 0 Å². The molecule has 10 heavy (non-hydrogen) atoms. The summed E-state index contributed by atoms with van der Waals surface area (Å²) >= 11 is 0. The van der Waals surface area contributed by atoms with E-state index < -0.39 is 0 Å². The van der Waals surface area contributed by atoms with Gasteiger partial charge in [0.25, 0.3) is 0 Å². The van der Waals surface area contributed by atoms with Crippen molar-refractivity contribution < 1.29 is 0 Å². The van der Waals surface area contributed by atoms with Crippen molar-refractivity contribution in [3.05, 3.63) is 0 Å². The zero-order chi connectivity index (χ0) is 8.15. The molecule has 0 aromatic rings. The molecule has 0 aromatic carbocycles. The minimum Gasteiger partial charge on any atom is -0.134 e. The third kappa shape index (κ3) is 3.56. The highest BCUT2D eigenvalue weighted by atomic mass is 31.0. The lowest BCUT2D eigenvalue weighted by molar-refractivity contribution is 0.359. The Kier molecular flexibility index (Phi) is 5.35. The summed E-state index contributed by atoms with van der Waals surface area (Å²) in [6.07, 6.45) is 2.70. The molecule has 0 saturated heterocycles. The smallest absolute Gasteiger partial charge is 0.0264 e. The summed E-state index contributed by atoms with van der Waals surface area (Å²) in [5.41, 5.74) is 0.765. The fourth-order valence-electron chi connectivity index (χ4n) is 1.24. The molecule has 1 heteroatoms. The van der Waals surface area contributed by atoms with Crippen molar-refractivity contribution in [2.45, 2.75) is 46.2 Å². The second-order valence-electron chi connectivity index (χ2n) is 3.48. The highest BCUT2D eigenvalue weighted by Gasteiger charge is 2.14. The van der Waals surface area contributed by atoms with Gasteiger partial charge in [-0.2, -0.15) is 0 Å². The van der Waals surface area contributed by atoms with Gasteiger partial charge in [0.05, 0.1) is 0 Å². The van der Waals surface area contributed by atoms with Gasteiger partial charge in [0.2, 0.25) is 0 Å². The monoisotopic (exact) mass is 160 g/mol. The summed E-state index contributed by atoms with van der Waals surface area (Å²) in [5.74, 6) is 1.74. The topological polar surface area (TPSA) is 0 Å². The molecule has 0 bridgehead atoms. The summed E-state index contributed by atoms with van der Waals surface area (Å²) in [4.78, 5) is 0. The number of rotatable bonds is 4. The molecule has 0 spiro atoms. The number of hydrogen-bond donors (Lipinski definition) is 0. The van der Waals surface area contributed by atoms with Crippen molar-refractivity contribution in [3.8, 4) is 0 Å². The first-order valence-electron chi connectivity index (χ1n) is 4.35. The van der Waals surface area contributed by atoms with Crippen LogP contribution in [0.2, 0.25) is 0 Å². The Morgan fingerprint density at radius 2 is 1.70 bits per heavy atom. The molecule has 0 amide bonds.